The summed E-state index contributed by atoms with van der Waals surface area (Å²) in [5, 5.41) is 0. The highest BCUT2D eigenvalue weighted by molar-refractivity contribution is 5.75. The Morgan fingerprint density at radius 3 is 1.92 bits per heavy atom. The van der Waals surface area contributed by atoms with Gasteiger partial charge in [-0.2, -0.15) is 13.2 Å². The molecule has 0 atom stereocenters. The lowest BCUT2D eigenvalue weighted by Gasteiger charge is -2.04. The lowest BCUT2D eigenvalue weighted by atomic mass is 10.1. The molecule has 0 aromatic heterocycles. The fraction of sp³-hybridized carbons (Fsp3) is 0.125. The molecule has 4 heteroatoms. The van der Waals surface area contributed by atoms with Gasteiger partial charge in [-0.3, -0.25) is 4.79 Å². The maximum absolute atomic E-state index is 12.0. The van der Waals surface area contributed by atoms with Crippen LogP contribution in [0.25, 0.3) is 0 Å². The van der Waals surface area contributed by atoms with Crippen molar-refractivity contribution in [3.05, 3.63) is 35.4 Å². The number of carbonyl (C=O) groups excluding carboxylic acids is 1. The van der Waals surface area contributed by atoms with Gasteiger partial charge in [0.1, 0.15) is 0 Å². The molecule has 0 heterocycles. The summed E-state index contributed by atoms with van der Waals surface area (Å²) >= 11 is 0. The van der Waals surface area contributed by atoms with Gasteiger partial charge in [0.15, 0.2) is 0 Å². The molecule has 0 saturated carbocycles. The molecule has 0 saturated heterocycles. The fourth-order valence-corrected chi connectivity index (χ4v) is 0.758. The smallest absolute Gasteiger partial charge is 0.281 e. The number of alkyl halides is 3. The zero-order chi connectivity index (χ0) is 9.19. The quantitative estimate of drug-likeness (QED) is 0.461. The van der Waals surface area contributed by atoms with Crippen molar-refractivity contribution in [2.75, 3.05) is 0 Å². The predicted molar refractivity (Wildman–Crippen MR) is 38.5 cm³/mol. The zero-order valence-electron chi connectivity index (χ0n) is 5.97. The van der Waals surface area contributed by atoms with Gasteiger partial charge < -0.3 is 0 Å². The standard InChI is InChI=1S/C8H5F3O/c9-8(10,11)7-3-1-6(5-12)2-4-7/h1-5H/p+1. The van der Waals surface area contributed by atoms with Crippen molar-refractivity contribution < 1.29 is 18.0 Å². The highest BCUT2D eigenvalue weighted by Gasteiger charge is 2.29. The first-order chi connectivity index (χ1) is 5.54. The number of hydrogen-bond acceptors (Lipinski definition) is 0. The molecule has 0 amide bonds. The number of rotatable bonds is 1. The lowest BCUT2D eigenvalue weighted by Crippen LogP contribution is -2.04. The van der Waals surface area contributed by atoms with Crippen molar-refractivity contribution in [1.29, 1.82) is 0 Å². The third-order valence-corrected chi connectivity index (χ3v) is 1.39. The Morgan fingerprint density at radius 1 is 1.08 bits per heavy atom. The summed E-state index contributed by atoms with van der Waals surface area (Å²) in [6.45, 7) is 0. The minimum Gasteiger partial charge on any atom is -0.281 e. The Labute approximate surface area is 66.8 Å². The first kappa shape index (κ1) is 8.77. The van der Waals surface area contributed by atoms with Crippen LogP contribution in [0.4, 0.5) is 13.2 Å². The molecule has 0 aliphatic carbocycles. The number of benzene rings is 1. The van der Waals surface area contributed by atoms with Gasteiger partial charge in [0.25, 0.3) is 0 Å². The fourth-order valence-electron chi connectivity index (χ4n) is 0.758. The van der Waals surface area contributed by atoms with E-state index in [1.165, 1.54) is 12.1 Å². The molecular weight excluding hydrogens is 169 g/mol. The molecule has 0 spiro atoms. The van der Waals surface area contributed by atoms with Crippen LogP contribution in [-0.4, -0.2) is 11.1 Å². The normalized spacial score (nSPS) is 11.2. The molecule has 0 unspecified atom stereocenters. The summed E-state index contributed by atoms with van der Waals surface area (Å²) in [6, 6.07) is 4.23. The van der Waals surface area contributed by atoms with E-state index in [2.05, 4.69) is 0 Å². The second-order valence-electron chi connectivity index (χ2n) is 2.25. The van der Waals surface area contributed by atoms with Crippen LogP contribution in [0.5, 0.6) is 0 Å². The molecule has 0 bridgehead atoms. The van der Waals surface area contributed by atoms with Crippen molar-refractivity contribution in [2.24, 2.45) is 0 Å². The molecule has 1 nitrogen and oxygen atoms in total. The molecule has 1 N–H and O–H groups in total. The van der Waals surface area contributed by atoms with Crippen LogP contribution in [0.3, 0.4) is 0 Å². The Kier molecular flexibility index (Phi) is 2.17. The third kappa shape index (κ3) is 1.84. The van der Waals surface area contributed by atoms with E-state index in [0.29, 0.717) is 5.56 Å². The second kappa shape index (κ2) is 2.97. The molecule has 0 fully saturated rings. The average molecular weight is 175 g/mol. The van der Waals surface area contributed by atoms with E-state index >= 15 is 0 Å². The average Bonchev–Trinajstić information content (AvgIpc) is 2.03. The molecule has 64 valence electrons. The van der Waals surface area contributed by atoms with Gasteiger partial charge in [0.2, 0.25) is 0 Å². The van der Waals surface area contributed by atoms with Crippen LogP contribution in [0, 0.1) is 0 Å². The van der Waals surface area contributed by atoms with Crippen molar-refractivity contribution in [3.8, 4) is 0 Å². The minimum absolute atomic E-state index is 0.350. The van der Waals surface area contributed by atoms with Crippen molar-refractivity contribution in [2.45, 2.75) is 6.18 Å². The third-order valence-electron chi connectivity index (χ3n) is 1.39. The van der Waals surface area contributed by atoms with E-state index in [-0.39, 0.29) is 0 Å². The van der Waals surface area contributed by atoms with E-state index in [4.69, 9.17) is 4.79 Å². The summed E-state index contributed by atoms with van der Waals surface area (Å²) in [5.41, 5.74) is -0.365. The van der Waals surface area contributed by atoms with Gasteiger partial charge in [0, 0.05) is 0 Å². The van der Waals surface area contributed by atoms with Gasteiger partial charge in [-0.1, -0.05) is 0 Å². The summed E-state index contributed by atoms with van der Waals surface area (Å²) < 4.78 is 35.9. The molecule has 1 rings (SSSR count). The monoisotopic (exact) mass is 175 g/mol. The molecule has 0 radical (unpaired) electrons. The Balaban J connectivity index is 3.00. The summed E-state index contributed by atoms with van der Waals surface area (Å²) in [5.74, 6) is 0. The Morgan fingerprint density at radius 2 is 1.58 bits per heavy atom. The zero-order valence-corrected chi connectivity index (χ0v) is 5.97. The lowest BCUT2D eigenvalue weighted by molar-refractivity contribution is -0.137. The highest BCUT2D eigenvalue weighted by atomic mass is 19.4. The van der Waals surface area contributed by atoms with E-state index in [9.17, 15) is 13.2 Å². The van der Waals surface area contributed by atoms with Crippen LogP contribution in [0.1, 0.15) is 11.1 Å². The van der Waals surface area contributed by atoms with Gasteiger partial charge in [0.05, 0.1) is 11.1 Å². The maximum atomic E-state index is 12.0. The molecule has 0 aliphatic heterocycles. The van der Waals surface area contributed by atoms with E-state index in [0.717, 1.165) is 18.4 Å². The largest absolute Gasteiger partial charge is 0.416 e. The first-order valence-corrected chi connectivity index (χ1v) is 3.19. The van der Waals surface area contributed by atoms with Gasteiger partial charge in [-0.05, 0) is 24.3 Å². The Bertz CT molecular complexity index is 273. The molecule has 12 heavy (non-hydrogen) atoms. The number of hydrogen-bond donors (Lipinski definition) is 0. The van der Waals surface area contributed by atoms with Crippen LogP contribution in [-0.2, 0) is 6.18 Å². The van der Waals surface area contributed by atoms with Crippen molar-refractivity contribution in [3.63, 3.8) is 0 Å². The highest BCUT2D eigenvalue weighted by Crippen LogP contribution is 2.28. The summed E-state index contributed by atoms with van der Waals surface area (Å²) in [6.07, 6.45) is -3.56. The van der Waals surface area contributed by atoms with Crippen LogP contribution >= 0.6 is 0 Å². The van der Waals surface area contributed by atoms with E-state index in [1.807, 2.05) is 0 Å². The maximum Gasteiger partial charge on any atom is 0.416 e. The Hall–Kier alpha value is -1.32. The van der Waals surface area contributed by atoms with Crippen LogP contribution < -0.4 is 0 Å². The van der Waals surface area contributed by atoms with Gasteiger partial charge in [-0.25, -0.2) is 0 Å². The van der Waals surface area contributed by atoms with Crippen molar-refractivity contribution in [1.82, 2.24) is 0 Å². The van der Waals surface area contributed by atoms with Crippen LogP contribution in [0.15, 0.2) is 24.3 Å². The second-order valence-corrected chi connectivity index (χ2v) is 2.25. The SMILES string of the molecule is [OH+]=Cc1ccc(C(F)(F)F)cc1. The summed E-state index contributed by atoms with van der Waals surface area (Å²) in [4.78, 5) is 8.43. The molecule has 0 aliphatic rings. The topological polar surface area (TPSA) is 21.4 Å². The minimum atomic E-state index is -4.31. The first-order valence-electron chi connectivity index (χ1n) is 3.19. The van der Waals surface area contributed by atoms with Crippen LogP contribution in [0.2, 0.25) is 0 Å². The van der Waals surface area contributed by atoms with Crippen molar-refractivity contribution >= 4 is 6.29 Å². The van der Waals surface area contributed by atoms with E-state index in [1.54, 1.807) is 0 Å². The summed E-state index contributed by atoms with van der Waals surface area (Å²) in [7, 11) is 0. The molecule has 1 aromatic carbocycles. The number of halogens is 3. The molecular formula is C8H6F3O+. The predicted octanol–water partition coefficient (Wildman–Crippen LogP) is 2.23. The number of aldehydes is 1. The van der Waals surface area contributed by atoms with Gasteiger partial charge in [-0.15, -0.1) is 0 Å². The van der Waals surface area contributed by atoms with E-state index < -0.39 is 11.7 Å². The molecule has 1 aromatic rings. The van der Waals surface area contributed by atoms with Gasteiger partial charge >= 0.3 is 12.5 Å².